The van der Waals surface area contributed by atoms with Crippen molar-refractivity contribution in [3.05, 3.63) is 45.2 Å². The number of fused-ring (bicyclic) bond motifs is 1. The molecule has 1 unspecified atom stereocenters. The number of nitrogens with one attached hydrogen (secondary N) is 2. The Labute approximate surface area is 129 Å². The quantitative estimate of drug-likeness (QED) is 0.789. The third kappa shape index (κ3) is 3.36. The normalized spacial score (nSPS) is 12.5. The Balaban J connectivity index is 2.46. The highest BCUT2D eigenvalue weighted by molar-refractivity contribution is 5.92. The lowest BCUT2D eigenvalue weighted by atomic mass is 10.1. The zero-order chi connectivity index (χ0) is 16.3. The van der Waals surface area contributed by atoms with E-state index in [1.807, 2.05) is 6.92 Å². The number of hydrogen-bond donors (Lipinski definition) is 2. The molecule has 0 aliphatic rings. The zero-order valence-electron chi connectivity index (χ0n) is 13.3. The molecule has 0 saturated carbocycles. The molecule has 1 aromatic carbocycles. The van der Waals surface area contributed by atoms with Crippen LogP contribution in [0.1, 0.15) is 41.4 Å². The fourth-order valence-corrected chi connectivity index (χ4v) is 2.66. The third-order valence-corrected chi connectivity index (χ3v) is 3.98. The van der Waals surface area contributed by atoms with Crippen LogP contribution in [0, 0.1) is 6.92 Å². The van der Waals surface area contributed by atoms with E-state index in [1.54, 1.807) is 6.07 Å². The number of hydrogen-bond acceptors (Lipinski definition) is 3. The van der Waals surface area contributed by atoms with Crippen LogP contribution in [-0.2, 0) is 6.54 Å². The summed E-state index contributed by atoms with van der Waals surface area (Å²) in [5, 5.41) is 11.4. The Morgan fingerprint density at radius 2 is 2.09 bits per heavy atom. The van der Waals surface area contributed by atoms with E-state index in [0.29, 0.717) is 17.4 Å². The summed E-state index contributed by atoms with van der Waals surface area (Å²) >= 11 is 0. The number of aromatic nitrogens is 1. The number of benzene rings is 1. The average molecular weight is 302 g/mol. The molecule has 0 aliphatic carbocycles. The van der Waals surface area contributed by atoms with Crippen molar-refractivity contribution in [2.75, 3.05) is 13.6 Å². The van der Waals surface area contributed by atoms with Crippen LogP contribution in [0.2, 0.25) is 0 Å². The van der Waals surface area contributed by atoms with Gasteiger partial charge in [-0.25, -0.2) is 0 Å². The van der Waals surface area contributed by atoms with Crippen LogP contribution >= 0.6 is 0 Å². The summed E-state index contributed by atoms with van der Waals surface area (Å²) in [6.07, 6.45) is 2.24. The van der Waals surface area contributed by atoms with Crippen molar-refractivity contribution < 1.29 is 14.8 Å². The van der Waals surface area contributed by atoms with E-state index in [1.165, 1.54) is 17.0 Å². The van der Waals surface area contributed by atoms with Crippen LogP contribution in [0.4, 0.5) is 0 Å². The van der Waals surface area contributed by atoms with E-state index in [2.05, 4.69) is 19.0 Å². The Kier molecular flexibility index (Phi) is 4.98. The highest BCUT2D eigenvalue weighted by Gasteiger charge is 2.14. The lowest BCUT2D eigenvalue weighted by molar-refractivity contribution is -0.894. The number of carbonyl (C=O) groups excluding carboxylic acids is 1. The van der Waals surface area contributed by atoms with Crippen molar-refractivity contribution >= 4 is 16.9 Å². The summed E-state index contributed by atoms with van der Waals surface area (Å²) in [5.74, 6) is -1.27. The summed E-state index contributed by atoms with van der Waals surface area (Å²) in [6, 6.07) is 4.46. The van der Waals surface area contributed by atoms with E-state index in [4.69, 9.17) is 0 Å². The maximum absolute atomic E-state index is 12.7. The van der Waals surface area contributed by atoms with Crippen molar-refractivity contribution in [1.29, 1.82) is 0 Å². The van der Waals surface area contributed by atoms with Gasteiger partial charge in [-0.2, -0.15) is 0 Å². The first-order valence-corrected chi connectivity index (χ1v) is 7.62. The highest BCUT2D eigenvalue weighted by Crippen LogP contribution is 2.13. The van der Waals surface area contributed by atoms with Crippen molar-refractivity contribution in [3.63, 3.8) is 0 Å². The molecule has 118 valence electrons. The lowest BCUT2D eigenvalue weighted by Crippen LogP contribution is -3.07. The smallest absolute Gasteiger partial charge is 0.198 e. The summed E-state index contributed by atoms with van der Waals surface area (Å²) in [6.45, 7) is 5.66. The molecule has 0 amide bonds. The standard InChI is InChI=1S/C17H22N2O3/c1-4-5-8-19(3)10-14-11(2)18-15-7-6-12(17(21)22)9-13(15)16(14)20/h6-7,9H,4-5,8,10H2,1-3H3,(H,18,20)(H,21,22). The maximum Gasteiger partial charge on any atom is 0.198 e. The Morgan fingerprint density at radius 1 is 1.36 bits per heavy atom. The van der Waals surface area contributed by atoms with Gasteiger partial charge >= 0.3 is 0 Å². The number of carboxylic acids is 1. The highest BCUT2D eigenvalue weighted by atomic mass is 16.4. The van der Waals surface area contributed by atoms with Gasteiger partial charge in [-0.05, 0) is 31.0 Å². The van der Waals surface area contributed by atoms with Gasteiger partial charge in [0.1, 0.15) is 6.54 Å². The molecule has 5 heteroatoms. The molecule has 0 saturated heterocycles. The van der Waals surface area contributed by atoms with Gasteiger partial charge in [-0.3, -0.25) is 4.79 Å². The number of rotatable bonds is 6. The number of H-pyrrole nitrogens is 1. The Hall–Kier alpha value is -2.14. The first-order chi connectivity index (χ1) is 10.4. The van der Waals surface area contributed by atoms with Gasteiger partial charge in [0, 0.05) is 16.6 Å². The minimum Gasteiger partial charge on any atom is -0.545 e. The van der Waals surface area contributed by atoms with Gasteiger partial charge in [0.05, 0.1) is 25.1 Å². The van der Waals surface area contributed by atoms with E-state index in [9.17, 15) is 14.7 Å². The van der Waals surface area contributed by atoms with Crippen LogP contribution in [0.5, 0.6) is 0 Å². The number of carbonyl (C=O) groups is 1. The fourth-order valence-electron chi connectivity index (χ4n) is 2.66. The lowest BCUT2D eigenvalue weighted by Gasteiger charge is -2.15. The zero-order valence-corrected chi connectivity index (χ0v) is 13.3. The van der Waals surface area contributed by atoms with Gasteiger partial charge in [0.15, 0.2) is 5.43 Å². The fraction of sp³-hybridized carbons (Fsp3) is 0.412. The summed E-state index contributed by atoms with van der Waals surface area (Å²) in [5.41, 5.74) is 2.15. The van der Waals surface area contributed by atoms with Crippen molar-refractivity contribution in [3.8, 4) is 0 Å². The number of quaternary nitrogens is 1. The van der Waals surface area contributed by atoms with Crippen LogP contribution in [0.3, 0.4) is 0 Å². The Morgan fingerprint density at radius 3 is 2.73 bits per heavy atom. The van der Waals surface area contributed by atoms with Gasteiger partial charge in [-0.1, -0.05) is 19.4 Å². The minimum atomic E-state index is -1.27. The van der Waals surface area contributed by atoms with Crippen LogP contribution < -0.4 is 15.4 Å². The number of aromatic carboxylic acids is 1. The number of aryl methyl sites for hydroxylation is 1. The molecule has 1 heterocycles. The summed E-state index contributed by atoms with van der Waals surface area (Å²) < 4.78 is 0. The largest absolute Gasteiger partial charge is 0.545 e. The molecule has 2 N–H and O–H groups in total. The van der Waals surface area contributed by atoms with E-state index in [0.717, 1.165) is 30.6 Å². The first kappa shape index (κ1) is 16.2. The van der Waals surface area contributed by atoms with Crippen molar-refractivity contribution in [2.45, 2.75) is 33.2 Å². The molecule has 0 fully saturated rings. The molecule has 0 bridgehead atoms. The van der Waals surface area contributed by atoms with E-state index < -0.39 is 5.97 Å². The SMILES string of the molecule is CCCC[NH+](C)Cc1c(C)[nH]c2ccc(C(=O)[O-])cc2c1=O. The maximum atomic E-state index is 12.7. The molecule has 0 aliphatic heterocycles. The van der Waals surface area contributed by atoms with Crippen LogP contribution in [-0.4, -0.2) is 24.5 Å². The van der Waals surface area contributed by atoms with E-state index in [-0.39, 0.29) is 11.0 Å². The Bertz CT molecular complexity index is 749. The van der Waals surface area contributed by atoms with Gasteiger partial charge in [0.2, 0.25) is 0 Å². The minimum absolute atomic E-state index is 0.0273. The molecule has 5 nitrogen and oxygen atoms in total. The molecule has 1 aromatic heterocycles. The summed E-state index contributed by atoms with van der Waals surface area (Å²) in [7, 11) is 2.07. The molecule has 2 aromatic rings. The summed E-state index contributed by atoms with van der Waals surface area (Å²) in [4.78, 5) is 28.1. The second-order valence-corrected chi connectivity index (χ2v) is 5.84. The molecule has 22 heavy (non-hydrogen) atoms. The van der Waals surface area contributed by atoms with E-state index >= 15 is 0 Å². The molecule has 0 spiro atoms. The monoisotopic (exact) mass is 302 g/mol. The number of aromatic amines is 1. The average Bonchev–Trinajstić information content (AvgIpc) is 2.49. The van der Waals surface area contributed by atoms with Crippen LogP contribution in [0.25, 0.3) is 10.9 Å². The molecule has 0 radical (unpaired) electrons. The molecule has 2 rings (SSSR count). The number of pyridine rings is 1. The van der Waals surface area contributed by atoms with Gasteiger partial charge in [-0.15, -0.1) is 0 Å². The molecular formula is C17H22N2O3. The predicted molar refractivity (Wildman–Crippen MR) is 84.0 cm³/mol. The topological polar surface area (TPSA) is 77.4 Å². The van der Waals surface area contributed by atoms with Gasteiger partial charge in [0.25, 0.3) is 0 Å². The second-order valence-electron chi connectivity index (χ2n) is 5.84. The van der Waals surface area contributed by atoms with Crippen LogP contribution in [0.15, 0.2) is 23.0 Å². The van der Waals surface area contributed by atoms with Gasteiger partial charge < -0.3 is 19.8 Å². The predicted octanol–water partition coefficient (Wildman–Crippen LogP) is 0.0148. The number of carboxylic acid groups (broad SMARTS) is 1. The van der Waals surface area contributed by atoms with Crippen molar-refractivity contribution in [1.82, 2.24) is 4.98 Å². The number of unbranched alkanes of at least 4 members (excludes halogenated alkanes) is 1. The third-order valence-electron chi connectivity index (χ3n) is 3.98. The first-order valence-electron chi connectivity index (χ1n) is 7.62. The molecular weight excluding hydrogens is 280 g/mol. The second kappa shape index (κ2) is 6.75. The molecule has 1 atom stereocenters. The van der Waals surface area contributed by atoms with Crippen molar-refractivity contribution in [2.24, 2.45) is 0 Å².